The van der Waals surface area contributed by atoms with Gasteiger partial charge in [0.15, 0.2) is 0 Å². The molecular formula is C21H29BF3NO4. The highest BCUT2D eigenvalue weighted by molar-refractivity contribution is 6.62. The Bertz CT molecular complexity index is 836. The van der Waals surface area contributed by atoms with E-state index < -0.39 is 47.8 Å². The van der Waals surface area contributed by atoms with Crippen molar-refractivity contribution in [3.63, 3.8) is 0 Å². The zero-order chi connectivity index (χ0) is 22.6. The second-order valence-electron chi connectivity index (χ2n) is 9.87. The van der Waals surface area contributed by atoms with Crippen molar-refractivity contribution >= 4 is 18.7 Å². The van der Waals surface area contributed by atoms with E-state index >= 15 is 0 Å². The topological polar surface area (TPSA) is 48.0 Å². The van der Waals surface area contributed by atoms with Gasteiger partial charge in [-0.15, -0.1) is 0 Å². The van der Waals surface area contributed by atoms with Crippen LogP contribution in [0, 0.1) is 5.82 Å². The molecule has 0 unspecified atom stereocenters. The number of halogens is 3. The Labute approximate surface area is 176 Å². The molecule has 0 spiro atoms. The molecule has 0 aromatic heterocycles. The lowest BCUT2D eigenvalue weighted by Crippen LogP contribution is -2.45. The number of fused-ring (bicyclic) bond motifs is 1. The molecule has 0 saturated carbocycles. The first-order valence-electron chi connectivity index (χ1n) is 10.1. The van der Waals surface area contributed by atoms with Crippen LogP contribution in [0.2, 0.25) is 0 Å². The number of nitrogens with zero attached hydrogens (tertiary/aromatic N) is 1. The van der Waals surface area contributed by atoms with Gasteiger partial charge in [0.1, 0.15) is 11.4 Å². The van der Waals surface area contributed by atoms with Crippen molar-refractivity contribution in [1.29, 1.82) is 0 Å². The van der Waals surface area contributed by atoms with Crippen LogP contribution in [0.5, 0.6) is 0 Å². The second-order valence-corrected chi connectivity index (χ2v) is 9.87. The van der Waals surface area contributed by atoms with E-state index in [-0.39, 0.29) is 25.1 Å². The number of alkyl halides is 2. The number of carbonyl (C=O) groups is 1. The number of amides is 1. The predicted molar refractivity (Wildman–Crippen MR) is 107 cm³/mol. The summed E-state index contributed by atoms with van der Waals surface area (Å²) in [5.74, 6) is -0.927. The molecule has 0 bridgehead atoms. The number of hydrogen-bond donors (Lipinski definition) is 0. The second kappa shape index (κ2) is 7.44. The summed E-state index contributed by atoms with van der Waals surface area (Å²) in [7, 11) is -0.944. The van der Waals surface area contributed by atoms with Crippen LogP contribution in [0.4, 0.5) is 18.0 Å². The molecule has 2 heterocycles. The highest BCUT2D eigenvalue weighted by Gasteiger charge is 2.53. The standard InChI is InChI=1S/C21H29BF3NO4/c1-19(2,3)28-18(27)26-9-8-12-14(11-26)15(10-13(16(12)23)17(24)25)22-29-20(4,5)21(6,7)30-22/h10,17H,8-9,11H2,1-7H3. The molecule has 1 fully saturated rings. The first-order chi connectivity index (χ1) is 13.6. The molecule has 2 aliphatic rings. The van der Waals surface area contributed by atoms with Crippen molar-refractivity contribution in [2.75, 3.05) is 6.54 Å². The minimum atomic E-state index is -2.97. The quantitative estimate of drug-likeness (QED) is 0.659. The van der Waals surface area contributed by atoms with Crippen molar-refractivity contribution in [3.05, 3.63) is 28.6 Å². The van der Waals surface area contributed by atoms with Crippen LogP contribution in [0.15, 0.2) is 6.07 Å². The molecule has 0 atom stereocenters. The maximum absolute atomic E-state index is 14.9. The van der Waals surface area contributed by atoms with Gasteiger partial charge < -0.3 is 18.9 Å². The third-order valence-corrected chi connectivity index (χ3v) is 5.92. The highest BCUT2D eigenvalue weighted by Crippen LogP contribution is 2.38. The molecule has 166 valence electrons. The molecule has 5 nitrogen and oxygen atoms in total. The Morgan fingerprint density at radius 1 is 1.17 bits per heavy atom. The average molecular weight is 427 g/mol. The van der Waals surface area contributed by atoms with Crippen LogP contribution in [0.3, 0.4) is 0 Å². The van der Waals surface area contributed by atoms with E-state index in [9.17, 15) is 18.0 Å². The van der Waals surface area contributed by atoms with E-state index in [0.29, 0.717) is 11.0 Å². The Kier molecular flexibility index (Phi) is 5.69. The van der Waals surface area contributed by atoms with E-state index in [4.69, 9.17) is 14.0 Å². The fourth-order valence-electron chi connectivity index (χ4n) is 3.58. The van der Waals surface area contributed by atoms with E-state index in [0.717, 1.165) is 6.07 Å². The van der Waals surface area contributed by atoms with E-state index in [1.54, 1.807) is 20.8 Å². The lowest BCUT2D eigenvalue weighted by molar-refractivity contribution is 0.00578. The Morgan fingerprint density at radius 2 is 1.73 bits per heavy atom. The number of benzene rings is 1. The van der Waals surface area contributed by atoms with Crippen molar-refractivity contribution in [2.24, 2.45) is 0 Å². The van der Waals surface area contributed by atoms with Crippen LogP contribution < -0.4 is 5.46 Å². The fraction of sp³-hybridized carbons (Fsp3) is 0.667. The third kappa shape index (κ3) is 4.19. The molecule has 1 aromatic carbocycles. The van der Waals surface area contributed by atoms with Gasteiger partial charge >= 0.3 is 13.2 Å². The SMILES string of the molecule is CC(C)(C)OC(=O)N1CCc2c(F)c(C(F)F)cc(B3OC(C)(C)C(C)(C)O3)c2C1. The van der Waals surface area contributed by atoms with Crippen molar-refractivity contribution < 1.29 is 32.0 Å². The number of hydrogen-bond acceptors (Lipinski definition) is 4. The summed E-state index contributed by atoms with van der Waals surface area (Å²) >= 11 is 0. The lowest BCUT2D eigenvalue weighted by Gasteiger charge is -2.33. The maximum atomic E-state index is 14.9. The number of rotatable bonds is 2. The minimum absolute atomic E-state index is 0.0318. The summed E-state index contributed by atoms with van der Waals surface area (Å²) in [4.78, 5) is 14.0. The van der Waals surface area contributed by atoms with Gasteiger partial charge in [-0.2, -0.15) is 0 Å². The van der Waals surface area contributed by atoms with Gasteiger partial charge in [-0.1, -0.05) is 6.07 Å². The van der Waals surface area contributed by atoms with Gasteiger partial charge in [-0.05, 0) is 71.5 Å². The lowest BCUT2D eigenvalue weighted by atomic mass is 9.72. The zero-order valence-corrected chi connectivity index (χ0v) is 18.6. The largest absolute Gasteiger partial charge is 0.495 e. The molecule has 0 N–H and O–H groups in total. The van der Waals surface area contributed by atoms with Crippen molar-refractivity contribution in [3.8, 4) is 0 Å². The molecule has 30 heavy (non-hydrogen) atoms. The molecule has 1 amide bonds. The molecule has 2 aliphatic heterocycles. The summed E-state index contributed by atoms with van der Waals surface area (Å²) in [6.45, 7) is 12.9. The molecule has 1 aromatic rings. The van der Waals surface area contributed by atoms with Gasteiger partial charge in [0.05, 0.1) is 16.8 Å². The average Bonchev–Trinajstić information content (AvgIpc) is 2.80. The fourth-order valence-corrected chi connectivity index (χ4v) is 3.58. The molecule has 0 radical (unpaired) electrons. The van der Waals surface area contributed by atoms with E-state index in [1.807, 2.05) is 27.7 Å². The van der Waals surface area contributed by atoms with E-state index in [1.165, 1.54) is 4.90 Å². The predicted octanol–water partition coefficient (Wildman–Crippen LogP) is 4.36. The summed E-state index contributed by atoms with van der Waals surface area (Å²) in [5.41, 5.74) is -1.80. The Morgan fingerprint density at radius 3 is 2.23 bits per heavy atom. The number of carbonyl (C=O) groups excluding carboxylic acids is 1. The van der Waals surface area contributed by atoms with Gasteiger partial charge in [-0.25, -0.2) is 18.0 Å². The third-order valence-electron chi connectivity index (χ3n) is 5.92. The zero-order valence-electron chi connectivity index (χ0n) is 18.6. The van der Waals surface area contributed by atoms with Crippen molar-refractivity contribution in [1.82, 2.24) is 4.90 Å². The highest BCUT2D eigenvalue weighted by atomic mass is 19.3. The van der Waals surface area contributed by atoms with E-state index in [2.05, 4.69) is 0 Å². The number of ether oxygens (including phenoxy) is 1. The minimum Gasteiger partial charge on any atom is -0.444 e. The molecule has 3 rings (SSSR count). The first kappa shape index (κ1) is 22.9. The molecule has 9 heteroatoms. The van der Waals surface area contributed by atoms with Gasteiger partial charge in [0.2, 0.25) is 0 Å². The summed E-state index contributed by atoms with van der Waals surface area (Å²) < 4.78 is 59.5. The molecule has 1 saturated heterocycles. The van der Waals surface area contributed by atoms with Gasteiger partial charge in [0, 0.05) is 13.1 Å². The summed E-state index contributed by atoms with van der Waals surface area (Å²) in [6, 6.07) is 1.11. The summed E-state index contributed by atoms with van der Waals surface area (Å²) in [5, 5.41) is 0. The van der Waals surface area contributed by atoms with Crippen LogP contribution >= 0.6 is 0 Å². The van der Waals surface area contributed by atoms with Gasteiger partial charge in [-0.3, -0.25) is 0 Å². The smallest absolute Gasteiger partial charge is 0.444 e. The first-order valence-corrected chi connectivity index (χ1v) is 10.1. The molecular weight excluding hydrogens is 398 g/mol. The van der Waals surface area contributed by atoms with Crippen LogP contribution in [0.25, 0.3) is 0 Å². The molecule has 0 aliphatic carbocycles. The van der Waals surface area contributed by atoms with Crippen LogP contribution in [-0.4, -0.2) is 41.5 Å². The Balaban J connectivity index is 2.04. The maximum Gasteiger partial charge on any atom is 0.495 e. The normalized spacial score (nSPS) is 20.5. The summed E-state index contributed by atoms with van der Waals surface area (Å²) in [6.07, 6.45) is -3.40. The van der Waals surface area contributed by atoms with Crippen LogP contribution in [-0.2, 0) is 27.0 Å². The Hall–Kier alpha value is -1.74. The van der Waals surface area contributed by atoms with Crippen LogP contribution in [0.1, 0.15) is 71.6 Å². The van der Waals surface area contributed by atoms with Crippen molar-refractivity contribution in [2.45, 2.75) is 84.7 Å². The van der Waals surface area contributed by atoms with Gasteiger partial charge in [0.25, 0.3) is 6.43 Å². The monoisotopic (exact) mass is 427 g/mol.